The highest BCUT2D eigenvalue weighted by molar-refractivity contribution is 5.04. The summed E-state index contributed by atoms with van der Waals surface area (Å²) in [6, 6.07) is 0. The first-order chi connectivity index (χ1) is 3.17. The summed E-state index contributed by atoms with van der Waals surface area (Å²) >= 11 is 0. The third-order valence-electron chi connectivity index (χ3n) is 1.87. The molecule has 1 fully saturated rings. The Hall–Kier alpha value is -0.260. The lowest BCUT2D eigenvalue weighted by molar-refractivity contribution is 0.610. The summed E-state index contributed by atoms with van der Waals surface area (Å²) in [5, 5.41) is 0. The standard InChI is InChI=1S/C7H12/c1-4-6-5-7(6,2)3/h4,6H,1,5H2,2-3H3/t6-/m1/s1. The van der Waals surface area contributed by atoms with Crippen LogP contribution >= 0.6 is 0 Å². The molecule has 1 atom stereocenters. The van der Waals surface area contributed by atoms with Crippen LogP contribution in [-0.2, 0) is 0 Å². The lowest BCUT2D eigenvalue weighted by Crippen LogP contribution is -1.84. The number of rotatable bonds is 1. The van der Waals surface area contributed by atoms with Gasteiger partial charge in [0.1, 0.15) is 0 Å². The molecule has 1 aliphatic carbocycles. The molecule has 0 amide bonds. The van der Waals surface area contributed by atoms with Crippen LogP contribution in [0, 0.1) is 11.3 Å². The molecule has 1 saturated carbocycles. The maximum absolute atomic E-state index is 3.72. The third-order valence-corrected chi connectivity index (χ3v) is 1.87. The van der Waals surface area contributed by atoms with Crippen molar-refractivity contribution in [2.45, 2.75) is 20.3 Å². The van der Waals surface area contributed by atoms with E-state index in [4.69, 9.17) is 0 Å². The molecule has 0 aromatic rings. The predicted octanol–water partition coefficient (Wildman–Crippen LogP) is 2.22. The molecule has 0 aliphatic heterocycles. The van der Waals surface area contributed by atoms with Crippen LogP contribution in [0.1, 0.15) is 20.3 Å². The van der Waals surface area contributed by atoms with Crippen LogP contribution in [0.3, 0.4) is 0 Å². The van der Waals surface area contributed by atoms with E-state index in [0.717, 1.165) is 5.92 Å². The number of hydrogen-bond donors (Lipinski definition) is 0. The van der Waals surface area contributed by atoms with E-state index in [1.807, 2.05) is 0 Å². The summed E-state index contributed by atoms with van der Waals surface area (Å²) < 4.78 is 0. The predicted molar refractivity (Wildman–Crippen MR) is 32.1 cm³/mol. The summed E-state index contributed by atoms with van der Waals surface area (Å²) in [7, 11) is 0. The van der Waals surface area contributed by atoms with E-state index in [1.165, 1.54) is 6.42 Å². The van der Waals surface area contributed by atoms with Crippen molar-refractivity contribution < 1.29 is 0 Å². The minimum Gasteiger partial charge on any atom is -0.103 e. The van der Waals surface area contributed by atoms with Crippen molar-refractivity contribution in [1.82, 2.24) is 0 Å². The Morgan fingerprint density at radius 2 is 2.14 bits per heavy atom. The van der Waals surface area contributed by atoms with E-state index in [9.17, 15) is 0 Å². The van der Waals surface area contributed by atoms with E-state index in [0.29, 0.717) is 5.41 Å². The summed E-state index contributed by atoms with van der Waals surface area (Å²) in [5.74, 6) is 0.812. The average Bonchev–Trinajstić information content (AvgIpc) is 2.13. The smallest absolute Gasteiger partial charge is 0.0179 e. The molecular formula is C7H12. The SMILES string of the molecule is C=C[C@@H]1CC1(C)C. The molecule has 0 heterocycles. The highest BCUT2D eigenvalue weighted by atomic mass is 14.5. The van der Waals surface area contributed by atoms with Crippen LogP contribution in [0.5, 0.6) is 0 Å². The van der Waals surface area contributed by atoms with Crippen LogP contribution in [0.4, 0.5) is 0 Å². The van der Waals surface area contributed by atoms with Crippen molar-refractivity contribution in [3.05, 3.63) is 12.7 Å². The zero-order chi connectivity index (χ0) is 5.49. The third kappa shape index (κ3) is 0.696. The molecule has 0 nitrogen and oxygen atoms in total. The molecule has 0 aromatic heterocycles. The minimum absolute atomic E-state index is 0.599. The first-order valence-corrected chi connectivity index (χ1v) is 2.79. The number of hydrogen-bond acceptors (Lipinski definition) is 0. The average molecular weight is 96.2 g/mol. The van der Waals surface area contributed by atoms with E-state index >= 15 is 0 Å². The topological polar surface area (TPSA) is 0 Å². The Labute approximate surface area is 45.2 Å². The van der Waals surface area contributed by atoms with Gasteiger partial charge in [0.15, 0.2) is 0 Å². The Morgan fingerprint density at radius 1 is 1.71 bits per heavy atom. The maximum atomic E-state index is 3.72. The highest BCUT2D eigenvalue weighted by Crippen LogP contribution is 2.51. The second kappa shape index (κ2) is 1.12. The summed E-state index contributed by atoms with van der Waals surface area (Å²) in [5.41, 5.74) is 0.599. The Kier molecular flexibility index (Phi) is 0.781. The van der Waals surface area contributed by atoms with Crippen molar-refractivity contribution in [1.29, 1.82) is 0 Å². The molecular weight excluding hydrogens is 84.1 g/mol. The van der Waals surface area contributed by atoms with Crippen LogP contribution in [0.2, 0.25) is 0 Å². The fourth-order valence-corrected chi connectivity index (χ4v) is 0.910. The molecule has 1 aliphatic rings. The van der Waals surface area contributed by atoms with Crippen molar-refractivity contribution in [2.24, 2.45) is 11.3 Å². The van der Waals surface area contributed by atoms with Gasteiger partial charge in [0, 0.05) is 0 Å². The first kappa shape index (κ1) is 4.89. The Morgan fingerprint density at radius 3 is 2.14 bits per heavy atom. The van der Waals surface area contributed by atoms with Gasteiger partial charge in [0.05, 0.1) is 0 Å². The van der Waals surface area contributed by atoms with Crippen molar-refractivity contribution in [3.8, 4) is 0 Å². The van der Waals surface area contributed by atoms with Crippen LogP contribution in [0.25, 0.3) is 0 Å². The van der Waals surface area contributed by atoms with Crippen LogP contribution in [-0.4, -0.2) is 0 Å². The molecule has 7 heavy (non-hydrogen) atoms. The zero-order valence-corrected chi connectivity index (χ0v) is 5.07. The first-order valence-electron chi connectivity index (χ1n) is 2.79. The molecule has 0 unspecified atom stereocenters. The van der Waals surface area contributed by atoms with Gasteiger partial charge < -0.3 is 0 Å². The van der Waals surface area contributed by atoms with Crippen molar-refractivity contribution >= 4 is 0 Å². The largest absolute Gasteiger partial charge is 0.103 e. The summed E-state index contributed by atoms with van der Waals surface area (Å²) in [4.78, 5) is 0. The minimum atomic E-state index is 0.599. The molecule has 1 rings (SSSR count). The van der Waals surface area contributed by atoms with Gasteiger partial charge in [-0.25, -0.2) is 0 Å². The van der Waals surface area contributed by atoms with Crippen molar-refractivity contribution in [2.75, 3.05) is 0 Å². The van der Waals surface area contributed by atoms with Gasteiger partial charge in [-0.15, -0.1) is 6.58 Å². The molecule has 0 bridgehead atoms. The van der Waals surface area contributed by atoms with E-state index in [2.05, 4.69) is 26.5 Å². The van der Waals surface area contributed by atoms with Gasteiger partial charge in [0.25, 0.3) is 0 Å². The van der Waals surface area contributed by atoms with E-state index < -0.39 is 0 Å². The van der Waals surface area contributed by atoms with E-state index in [-0.39, 0.29) is 0 Å². The normalized spacial score (nSPS) is 34.9. The molecule has 0 heteroatoms. The molecule has 0 spiro atoms. The maximum Gasteiger partial charge on any atom is -0.0179 e. The summed E-state index contributed by atoms with van der Waals surface area (Å²) in [6.07, 6.45) is 3.40. The van der Waals surface area contributed by atoms with Crippen molar-refractivity contribution in [3.63, 3.8) is 0 Å². The quantitative estimate of drug-likeness (QED) is 0.439. The zero-order valence-electron chi connectivity index (χ0n) is 5.07. The molecule has 0 radical (unpaired) electrons. The number of allylic oxidation sites excluding steroid dienone is 1. The lowest BCUT2D eigenvalue weighted by Gasteiger charge is -1.93. The van der Waals surface area contributed by atoms with Gasteiger partial charge >= 0.3 is 0 Å². The summed E-state index contributed by atoms with van der Waals surface area (Å²) in [6.45, 7) is 8.27. The second-order valence-corrected chi connectivity index (χ2v) is 3.03. The van der Waals surface area contributed by atoms with Gasteiger partial charge in [-0.05, 0) is 17.8 Å². The van der Waals surface area contributed by atoms with E-state index in [1.54, 1.807) is 0 Å². The highest BCUT2D eigenvalue weighted by Gasteiger charge is 2.42. The van der Waals surface area contributed by atoms with Crippen LogP contribution in [0.15, 0.2) is 12.7 Å². The molecule has 0 N–H and O–H groups in total. The molecule has 0 aromatic carbocycles. The molecule has 0 saturated heterocycles. The fourth-order valence-electron chi connectivity index (χ4n) is 0.910. The Bertz CT molecular complexity index is 90.2. The van der Waals surface area contributed by atoms with Crippen LogP contribution < -0.4 is 0 Å². The second-order valence-electron chi connectivity index (χ2n) is 3.03. The van der Waals surface area contributed by atoms with Gasteiger partial charge in [-0.3, -0.25) is 0 Å². The van der Waals surface area contributed by atoms with Gasteiger partial charge in [-0.2, -0.15) is 0 Å². The monoisotopic (exact) mass is 96.1 g/mol. The molecule has 40 valence electrons. The van der Waals surface area contributed by atoms with Gasteiger partial charge in [-0.1, -0.05) is 19.9 Å². The fraction of sp³-hybridized carbons (Fsp3) is 0.714. The lowest BCUT2D eigenvalue weighted by atomic mass is 10.1. The van der Waals surface area contributed by atoms with Gasteiger partial charge in [0.2, 0.25) is 0 Å². The Balaban J connectivity index is 2.44.